The smallest absolute Gasteiger partial charge is 0.271 e. The summed E-state index contributed by atoms with van der Waals surface area (Å²) in [5.74, 6) is 2.69. The zero-order chi connectivity index (χ0) is 34.3. The molecule has 0 saturated carbocycles. The number of nitrogens with zero attached hydrogens (tertiary/aromatic N) is 6. The highest BCUT2D eigenvalue weighted by molar-refractivity contribution is 5.98. The molecule has 13 heteroatoms. The molecule has 7 rings (SSSR count). The number of rotatable bonds is 4. The van der Waals surface area contributed by atoms with Crippen LogP contribution in [0.2, 0.25) is 0 Å². The molecule has 50 heavy (non-hydrogen) atoms. The van der Waals surface area contributed by atoms with Crippen LogP contribution in [-0.4, -0.2) is 99.5 Å². The van der Waals surface area contributed by atoms with Crippen molar-refractivity contribution >= 4 is 11.8 Å². The molecule has 0 fully saturated rings. The van der Waals surface area contributed by atoms with Crippen molar-refractivity contribution in [2.24, 2.45) is 0 Å². The van der Waals surface area contributed by atoms with Gasteiger partial charge in [0.15, 0.2) is 23.0 Å². The van der Waals surface area contributed by atoms with Crippen molar-refractivity contribution in [3.63, 3.8) is 0 Å². The van der Waals surface area contributed by atoms with Crippen LogP contribution in [0.15, 0.2) is 79.3 Å². The number of methoxy groups -OCH3 is 1. The second-order valence-corrected chi connectivity index (χ2v) is 12.0. The molecular weight excluding hydrogens is 638 g/mol. The summed E-state index contributed by atoms with van der Waals surface area (Å²) in [4.78, 5) is 40.6. The van der Waals surface area contributed by atoms with Crippen molar-refractivity contribution in [1.82, 2.24) is 34.5 Å². The van der Waals surface area contributed by atoms with E-state index in [2.05, 4.69) is 20.2 Å². The summed E-state index contributed by atoms with van der Waals surface area (Å²) in [6.07, 6.45) is 7.30. The van der Waals surface area contributed by atoms with Gasteiger partial charge in [0.2, 0.25) is 0 Å². The van der Waals surface area contributed by atoms with Gasteiger partial charge < -0.3 is 33.3 Å². The Balaban J connectivity index is 1.16. The van der Waals surface area contributed by atoms with Crippen LogP contribution in [0.25, 0.3) is 22.8 Å². The number of hydrogen-bond acceptors (Lipinski definition) is 9. The predicted octanol–water partition coefficient (Wildman–Crippen LogP) is 4.96. The van der Waals surface area contributed by atoms with Crippen LogP contribution in [0.5, 0.6) is 23.0 Å². The molecule has 258 valence electrons. The Morgan fingerprint density at radius 2 is 1.56 bits per heavy atom. The van der Waals surface area contributed by atoms with Crippen LogP contribution in [0.1, 0.15) is 40.1 Å². The number of amides is 2. The van der Waals surface area contributed by atoms with E-state index in [0.29, 0.717) is 117 Å². The van der Waals surface area contributed by atoms with Gasteiger partial charge in [-0.2, -0.15) is 5.10 Å². The van der Waals surface area contributed by atoms with E-state index in [4.69, 9.17) is 18.9 Å². The molecule has 2 amide bonds. The fourth-order valence-electron chi connectivity index (χ4n) is 6.24. The van der Waals surface area contributed by atoms with Crippen LogP contribution in [0.3, 0.4) is 0 Å². The van der Waals surface area contributed by atoms with Gasteiger partial charge in [0.05, 0.1) is 25.0 Å². The molecule has 13 nitrogen and oxygen atoms in total. The number of pyridine rings is 1. The van der Waals surface area contributed by atoms with Gasteiger partial charge in [-0.05, 0) is 67.8 Å². The third kappa shape index (κ3) is 7.12. The largest absolute Gasteiger partial charge is 0.493 e. The molecule has 0 saturated heterocycles. The molecule has 5 heterocycles. The highest BCUT2D eigenvalue weighted by atomic mass is 16.6. The maximum atomic E-state index is 14.0. The van der Waals surface area contributed by atoms with Gasteiger partial charge in [-0.25, -0.2) is 4.98 Å². The number of H-pyrrole nitrogens is 1. The van der Waals surface area contributed by atoms with E-state index in [-0.39, 0.29) is 11.8 Å². The zero-order valence-electron chi connectivity index (χ0n) is 27.9. The van der Waals surface area contributed by atoms with E-state index in [0.717, 1.165) is 11.4 Å². The highest BCUT2D eigenvalue weighted by Crippen LogP contribution is 2.35. The molecule has 2 aliphatic heterocycles. The van der Waals surface area contributed by atoms with Gasteiger partial charge in [-0.3, -0.25) is 19.7 Å². The lowest BCUT2D eigenvalue weighted by Crippen LogP contribution is -2.37. The quantitative estimate of drug-likeness (QED) is 0.280. The van der Waals surface area contributed by atoms with Gasteiger partial charge in [-0.15, -0.1) is 0 Å². The number of imidazole rings is 1. The Labute approximate surface area is 289 Å². The number of carbonyl (C=O) groups excluding carboxylic acids is 2. The van der Waals surface area contributed by atoms with Crippen molar-refractivity contribution in [3.8, 4) is 45.8 Å². The van der Waals surface area contributed by atoms with Crippen LogP contribution in [0, 0.1) is 0 Å². The molecule has 0 radical (unpaired) electrons. The van der Waals surface area contributed by atoms with Crippen molar-refractivity contribution < 1.29 is 28.5 Å². The third-order valence-corrected chi connectivity index (χ3v) is 8.79. The third-order valence-electron chi connectivity index (χ3n) is 8.79. The molecule has 5 aromatic rings. The minimum Gasteiger partial charge on any atom is -0.493 e. The first-order valence-corrected chi connectivity index (χ1v) is 16.9. The molecule has 0 spiro atoms. The number of nitrogens with one attached hydrogen (secondary N) is 1. The lowest BCUT2D eigenvalue weighted by atomic mass is 10.1. The first-order valence-electron chi connectivity index (χ1n) is 16.9. The average Bonchev–Trinajstić information content (AvgIpc) is 3.85. The first-order chi connectivity index (χ1) is 24.6. The molecule has 3 aromatic heterocycles. The second kappa shape index (κ2) is 15.1. The minimum atomic E-state index is -0.166. The first kappa shape index (κ1) is 32.7. The number of aromatic amines is 1. The summed E-state index contributed by atoms with van der Waals surface area (Å²) < 4.78 is 25.5. The standard InChI is InChI=1S/C37H39N7O6/c1-47-31-12-11-26-24-33(31)48-21-7-17-43(36(45)27-8-6-10-32-34(27)50-23-22-49-32)15-4-5-16-44(20-19-42-18-14-39-35(26)42)37(46)30-25-29(40-41-30)28-9-2-3-13-38-28/h2-3,6,8-14,18,24-25H,4-5,7,15-17,19-23H2,1H3,(H,40,41). The lowest BCUT2D eigenvalue weighted by Gasteiger charge is -2.27. The Morgan fingerprint density at radius 3 is 2.40 bits per heavy atom. The molecule has 0 aliphatic carbocycles. The van der Waals surface area contributed by atoms with Gasteiger partial charge >= 0.3 is 0 Å². The number of hydrogen-bond donors (Lipinski definition) is 1. The molecule has 0 unspecified atom stereocenters. The Bertz CT molecular complexity index is 1940. The topological polar surface area (TPSA) is 137 Å². The van der Waals surface area contributed by atoms with Crippen molar-refractivity contribution in [3.05, 3.63) is 90.5 Å². The van der Waals surface area contributed by atoms with Gasteiger partial charge in [0, 0.05) is 56.9 Å². The molecule has 1 N–H and O–H groups in total. The summed E-state index contributed by atoms with van der Waals surface area (Å²) >= 11 is 0. The zero-order valence-corrected chi connectivity index (χ0v) is 27.9. The van der Waals surface area contributed by atoms with Gasteiger partial charge in [-0.1, -0.05) is 12.1 Å². The Kier molecular flexibility index (Phi) is 9.90. The predicted molar refractivity (Wildman–Crippen MR) is 185 cm³/mol. The molecule has 2 aromatic carbocycles. The van der Waals surface area contributed by atoms with E-state index < -0.39 is 0 Å². The summed E-state index contributed by atoms with van der Waals surface area (Å²) in [6, 6.07) is 18.4. The summed E-state index contributed by atoms with van der Waals surface area (Å²) in [5, 5.41) is 7.29. The van der Waals surface area contributed by atoms with Crippen molar-refractivity contribution in [1.29, 1.82) is 0 Å². The van der Waals surface area contributed by atoms with Crippen LogP contribution >= 0.6 is 0 Å². The summed E-state index contributed by atoms with van der Waals surface area (Å²) in [6.45, 7) is 3.57. The number of fused-ring (bicyclic) bond motifs is 5. The molecule has 2 bridgehead atoms. The van der Waals surface area contributed by atoms with Crippen LogP contribution in [0.4, 0.5) is 0 Å². The summed E-state index contributed by atoms with van der Waals surface area (Å²) in [7, 11) is 1.61. The van der Waals surface area contributed by atoms with Crippen LogP contribution < -0.4 is 18.9 Å². The number of aromatic nitrogens is 5. The van der Waals surface area contributed by atoms with Crippen LogP contribution in [-0.2, 0) is 6.54 Å². The van der Waals surface area contributed by atoms with Crippen molar-refractivity contribution in [2.75, 3.05) is 53.1 Å². The number of ether oxygens (including phenoxy) is 4. The van der Waals surface area contributed by atoms with Gasteiger partial charge in [0.25, 0.3) is 11.8 Å². The Hall–Kier alpha value is -5.85. The van der Waals surface area contributed by atoms with E-state index in [1.807, 2.05) is 69.1 Å². The van der Waals surface area contributed by atoms with E-state index in [1.54, 1.807) is 31.6 Å². The lowest BCUT2D eigenvalue weighted by molar-refractivity contribution is 0.0705. The second-order valence-electron chi connectivity index (χ2n) is 12.0. The SMILES string of the molecule is COc1ccc2cc1OCCCN(C(=O)c1cccc3c1OCCO3)CCCCN(C(=O)c1cc(-c3ccccn3)n[nH]1)CCn1ccnc1-2. The highest BCUT2D eigenvalue weighted by Gasteiger charge is 2.25. The van der Waals surface area contributed by atoms with E-state index >= 15 is 0 Å². The maximum Gasteiger partial charge on any atom is 0.271 e. The fraction of sp³-hybridized carbons (Fsp3) is 0.324. The van der Waals surface area contributed by atoms with E-state index in [9.17, 15) is 9.59 Å². The molecule has 2 aliphatic rings. The number of benzene rings is 2. The minimum absolute atomic E-state index is 0.136. The van der Waals surface area contributed by atoms with Crippen molar-refractivity contribution in [2.45, 2.75) is 25.8 Å². The van der Waals surface area contributed by atoms with Gasteiger partial charge in [0.1, 0.15) is 30.4 Å². The summed E-state index contributed by atoms with van der Waals surface area (Å²) in [5.41, 5.74) is 2.98. The average molecular weight is 678 g/mol. The fourth-order valence-corrected chi connectivity index (χ4v) is 6.24. The number of carbonyl (C=O) groups is 2. The van der Waals surface area contributed by atoms with E-state index in [1.165, 1.54) is 0 Å². The monoisotopic (exact) mass is 677 g/mol. The molecule has 0 atom stereocenters. The normalized spacial score (nSPS) is 15.4. The number of para-hydroxylation sites is 1. The Morgan fingerprint density at radius 1 is 0.740 bits per heavy atom. The maximum absolute atomic E-state index is 14.0. The molecular formula is C37H39N7O6.